The van der Waals surface area contributed by atoms with Gasteiger partial charge in [-0.15, -0.1) is 0 Å². The van der Waals surface area contributed by atoms with Gasteiger partial charge in [-0.25, -0.2) is 0 Å². The topological polar surface area (TPSA) is 50.8 Å². The monoisotopic (exact) mass is 380 g/mol. The molecule has 5 heteroatoms. The summed E-state index contributed by atoms with van der Waals surface area (Å²) in [5, 5.41) is 3.07. The van der Waals surface area contributed by atoms with E-state index in [2.05, 4.69) is 22.3 Å². The Morgan fingerprint density at radius 3 is 2.46 bits per heavy atom. The van der Waals surface area contributed by atoms with Crippen LogP contribution in [-0.2, 0) is 6.54 Å². The predicted molar refractivity (Wildman–Crippen MR) is 109 cm³/mol. The second-order valence-corrected chi connectivity index (χ2v) is 7.63. The molecule has 1 N–H and O–H groups in total. The Labute approximate surface area is 166 Å². The lowest BCUT2D eigenvalue weighted by Crippen LogP contribution is -2.29. The minimum absolute atomic E-state index is 0.0630. The normalized spacial score (nSPS) is 17.8. The number of hydrogen-bond acceptors (Lipinski definition) is 4. The molecule has 1 atom stereocenters. The summed E-state index contributed by atoms with van der Waals surface area (Å²) in [6.45, 7) is 6.43. The third-order valence-corrected chi connectivity index (χ3v) is 5.48. The number of ether oxygens (including phenoxy) is 2. The van der Waals surface area contributed by atoms with Gasteiger partial charge in [-0.1, -0.05) is 24.6 Å². The molecule has 28 heavy (non-hydrogen) atoms. The molecule has 0 spiro atoms. The van der Waals surface area contributed by atoms with Crippen LogP contribution >= 0.6 is 0 Å². The van der Waals surface area contributed by atoms with Crippen LogP contribution in [0.3, 0.4) is 0 Å². The van der Waals surface area contributed by atoms with E-state index in [4.69, 9.17) is 9.47 Å². The molecule has 0 unspecified atom stereocenters. The maximum Gasteiger partial charge on any atom is 0.251 e. The van der Waals surface area contributed by atoms with Gasteiger partial charge in [-0.05, 0) is 68.2 Å². The zero-order valence-electron chi connectivity index (χ0n) is 16.4. The van der Waals surface area contributed by atoms with Crippen molar-refractivity contribution < 1.29 is 14.3 Å². The summed E-state index contributed by atoms with van der Waals surface area (Å²) in [6.07, 6.45) is 3.92. The number of amides is 1. The first-order chi connectivity index (χ1) is 13.7. The molecule has 0 bridgehead atoms. The van der Waals surface area contributed by atoms with Crippen LogP contribution in [0.15, 0.2) is 42.5 Å². The van der Waals surface area contributed by atoms with E-state index < -0.39 is 0 Å². The molecule has 2 heterocycles. The smallest absolute Gasteiger partial charge is 0.251 e. The van der Waals surface area contributed by atoms with Crippen molar-refractivity contribution in [3.8, 4) is 11.5 Å². The summed E-state index contributed by atoms with van der Waals surface area (Å²) in [7, 11) is 0. The molecule has 2 aliphatic rings. The number of rotatable bonds is 5. The number of fused-ring (bicyclic) bond motifs is 1. The van der Waals surface area contributed by atoms with E-state index in [1.165, 1.54) is 37.9 Å². The first kappa shape index (κ1) is 18.8. The summed E-state index contributed by atoms with van der Waals surface area (Å²) in [5.74, 6) is 1.44. The standard InChI is InChI=1S/C23H28N2O3/c1-17(20-9-10-21-22(15-20)28-14-13-27-21)24-23(26)19-7-5-18(6-8-19)16-25-11-3-2-4-12-25/h5-10,15,17H,2-4,11-14,16H2,1H3,(H,24,26)/t17-/m1/s1. The molecule has 1 fully saturated rings. The molecule has 2 aromatic carbocycles. The minimum Gasteiger partial charge on any atom is -0.486 e. The molecule has 5 nitrogen and oxygen atoms in total. The van der Waals surface area contributed by atoms with E-state index in [0.717, 1.165) is 23.6 Å². The molecule has 0 aliphatic carbocycles. The van der Waals surface area contributed by atoms with Crippen LogP contribution in [0.25, 0.3) is 0 Å². The van der Waals surface area contributed by atoms with Gasteiger partial charge >= 0.3 is 0 Å². The molecule has 2 aliphatic heterocycles. The average Bonchev–Trinajstić information content (AvgIpc) is 2.74. The van der Waals surface area contributed by atoms with E-state index in [1.807, 2.05) is 37.3 Å². The van der Waals surface area contributed by atoms with E-state index in [9.17, 15) is 4.79 Å². The fourth-order valence-electron chi connectivity index (χ4n) is 3.83. The minimum atomic E-state index is -0.114. The van der Waals surface area contributed by atoms with E-state index >= 15 is 0 Å². The second-order valence-electron chi connectivity index (χ2n) is 7.63. The number of likely N-dealkylation sites (tertiary alicyclic amines) is 1. The zero-order valence-corrected chi connectivity index (χ0v) is 16.4. The third kappa shape index (κ3) is 4.47. The Balaban J connectivity index is 1.36. The average molecular weight is 380 g/mol. The maximum atomic E-state index is 12.6. The fraction of sp³-hybridized carbons (Fsp3) is 0.435. The molecular weight excluding hydrogens is 352 g/mol. The van der Waals surface area contributed by atoms with Gasteiger partial charge in [0.25, 0.3) is 5.91 Å². The predicted octanol–water partition coefficient (Wildman–Crippen LogP) is 3.93. The van der Waals surface area contributed by atoms with Crippen LogP contribution in [0.4, 0.5) is 0 Å². The molecule has 0 saturated carbocycles. The van der Waals surface area contributed by atoms with Crippen molar-refractivity contribution >= 4 is 5.91 Å². The van der Waals surface area contributed by atoms with Crippen LogP contribution in [-0.4, -0.2) is 37.1 Å². The highest BCUT2D eigenvalue weighted by Crippen LogP contribution is 2.32. The summed E-state index contributed by atoms with van der Waals surface area (Å²) >= 11 is 0. The Morgan fingerprint density at radius 2 is 1.71 bits per heavy atom. The molecular formula is C23H28N2O3. The van der Waals surface area contributed by atoms with Crippen LogP contribution in [0, 0.1) is 0 Å². The molecule has 1 amide bonds. The number of nitrogens with one attached hydrogen (secondary N) is 1. The van der Waals surface area contributed by atoms with E-state index in [1.54, 1.807) is 0 Å². The molecule has 2 aromatic rings. The van der Waals surface area contributed by atoms with Gasteiger partial charge in [0.1, 0.15) is 13.2 Å². The van der Waals surface area contributed by atoms with Gasteiger partial charge in [0.15, 0.2) is 11.5 Å². The summed E-state index contributed by atoms with van der Waals surface area (Å²) in [4.78, 5) is 15.1. The quantitative estimate of drug-likeness (QED) is 0.854. The van der Waals surface area contributed by atoms with Crippen molar-refractivity contribution in [1.82, 2.24) is 10.2 Å². The van der Waals surface area contributed by atoms with Gasteiger partial charge in [0.2, 0.25) is 0 Å². The second kappa shape index (κ2) is 8.65. The van der Waals surface area contributed by atoms with Gasteiger partial charge in [0, 0.05) is 12.1 Å². The summed E-state index contributed by atoms with van der Waals surface area (Å²) < 4.78 is 11.2. The van der Waals surface area contributed by atoms with Crippen LogP contribution in [0.5, 0.6) is 11.5 Å². The van der Waals surface area contributed by atoms with Gasteiger partial charge in [-0.3, -0.25) is 9.69 Å². The fourth-order valence-corrected chi connectivity index (χ4v) is 3.83. The van der Waals surface area contributed by atoms with E-state index in [-0.39, 0.29) is 11.9 Å². The highest BCUT2D eigenvalue weighted by atomic mass is 16.6. The Hall–Kier alpha value is -2.53. The van der Waals surface area contributed by atoms with Crippen molar-refractivity contribution in [2.45, 2.75) is 38.8 Å². The molecule has 0 aromatic heterocycles. The third-order valence-electron chi connectivity index (χ3n) is 5.48. The first-order valence-electron chi connectivity index (χ1n) is 10.2. The summed E-state index contributed by atoms with van der Waals surface area (Å²) in [5.41, 5.74) is 2.95. The van der Waals surface area contributed by atoms with Crippen LogP contribution in [0.1, 0.15) is 53.7 Å². The number of carbonyl (C=O) groups is 1. The number of piperidine rings is 1. The van der Waals surface area contributed by atoms with Crippen molar-refractivity contribution in [1.29, 1.82) is 0 Å². The number of hydrogen-bond donors (Lipinski definition) is 1. The van der Waals surface area contributed by atoms with Crippen LogP contribution < -0.4 is 14.8 Å². The SMILES string of the molecule is C[C@@H](NC(=O)c1ccc(CN2CCCCC2)cc1)c1ccc2c(c1)OCCO2. The Morgan fingerprint density at radius 1 is 1.00 bits per heavy atom. The number of benzene rings is 2. The summed E-state index contributed by atoms with van der Waals surface area (Å²) in [6, 6.07) is 13.7. The number of carbonyl (C=O) groups excluding carboxylic acids is 1. The molecule has 0 radical (unpaired) electrons. The van der Waals surface area contributed by atoms with Gasteiger partial charge < -0.3 is 14.8 Å². The van der Waals surface area contributed by atoms with Crippen molar-refractivity contribution in [3.05, 3.63) is 59.2 Å². The van der Waals surface area contributed by atoms with Crippen molar-refractivity contribution in [2.24, 2.45) is 0 Å². The molecule has 148 valence electrons. The highest BCUT2D eigenvalue weighted by molar-refractivity contribution is 5.94. The zero-order chi connectivity index (χ0) is 19.3. The van der Waals surface area contributed by atoms with Gasteiger partial charge in [-0.2, -0.15) is 0 Å². The molecule has 4 rings (SSSR count). The number of nitrogens with zero attached hydrogens (tertiary/aromatic N) is 1. The van der Waals surface area contributed by atoms with E-state index in [0.29, 0.717) is 18.8 Å². The lowest BCUT2D eigenvalue weighted by Gasteiger charge is -2.26. The van der Waals surface area contributed by atoms with Crippen LogP contribution in [0.2, 0.25) is 0 Å². The van der Waals surface area contributed by atoms with Crippen molar-refractivity contribution in [3.63, 3.8) is 0 Å². The maximum absolute atomic E-state index is 12.6. The van der Waals surface area contributed by atoms with Gasteiger partial charge in [0.05, 0.1) is 6.04 Å². The lowest BCUT2D eigenvalue weighted by molar-refractivity contribution is 0.0939. The largest absolute Gasteiger partial charge is 0.486 e. The Bertz CT molecular complexity index is 813. The highest BCUT2D eigenvalue weighted by Gasteiger charge is 2.17. The van der Waals surface area contributed by atoms with Crippen molar-refractivity contribution in [2.75, 3.05) is 26.3 Å². The Kier molecular flexibility index (Phi) is 5.81. The molecule has 1 saturated heterocycles. The lowest BCUT2D eigenvalue weighted by atomic mass is 10.1. The first-order valence-corrected chi connectivity index (χ1v) is 10.2.